The number of carbonyl (C=O) groups excluding carboxylic acids is 1. The van der Waals surface area contributed by atoms with Crippen LogP contribution in [0.2, 0.25) is 0 Å². The Hall–Kier alpha value is -3.31. The van der Waals surface area contributed by atoms with Crippen molar-refractivity contribution in [3.05, 3.63) is 83.2 Å². The second kappa shape index (κ2) is 14.9. The van der Waals surface area contributed by atoms with E-state index in [4.69, 9.17) is 9.72 Å². The Morgan fingerprint density at radius 1 is 1.07 bits per heavy atom. The molecule has 0 aliphatic carbocycles. The number of nitrogens with zero attached hydrogens (tertiary/aromatic N) is 2. The number of hydrogen-bond acceptors (Lipinski definition) is 5. The molecule has 1 aliphatic heterocycles. The molecule has 40 heavy (non-hydrogen) atoms. The Morgan fingerprint density at radius 3 is 2.50 bits per heavy atom. The Bertz CT molecular complexity index is 1480. The first kappa shape index (κ1) is 31.2. The van der Waals surface area contributed by atoms with Gasteiger partial charge in [0.15, 0.2) is 5.75 Å². The number of benzene rings is 2. The number of aldehydes is 1. The fraction of sp³-hybridized carbons (Fsp3) is 0.333. The van der Waals surface area contributed by atoms with Crippen molar-refractivity contribution in [3.63, 3.8) is 0 Å². The number of fused-ring (bicyclic) bond motifs is 2. The van der Waals surface area contributed by atoms with E-state index < -0.39 is 6.89 Å². The highest BCUT2D eigenvalue weighted by Crippen LogP contribution is 2.51. The molecule has 5 rings (SSSR count). The molecule has 0 bridgehead atoms. The van der Waals surface area contributed by atoms with E-state index in [2.05, 4.69) is 72.4 Å². The number of ether oxygens (including phenoxy) is 1. The highest BCUT2D eigenvalue weighted by molar-refractivity contribution is 7.81. The van der Waals surface area contributed by atoms with Gasteiger partial charge in [-0.25, -0.2) is 4.98 Å². The Morgan fingerprint density at radius 2 is 1.82 bits per heavy atom. The van der Waals surface area contributed by atoms with Gasteiger partial charge in [0.05, 0.1) is 5.52 Å². The molecule has 1 atom stereocenters. The summed E-state index contributed by atoms with van der Waals surface area (Å²) in [7, 11) is 1.98. The van der Waals surface area contributed by atoms with Crippen LogP contribution in [0.1, 0.15) is 48.0 Å². The summed E-state index contributed by atoms with van der Waals surface area (Å²) in [5.41, 5.74) is 7.21. The maximum absolute atomic E-state index is 10.6. The average molecular weight is 559 g/mol. The summed E-state index contributed by atoms with van der Waals surface area (Å²) in [6.45, 7) is 12.9. The molecule has 2 aromatic carbocycles. The van der Waals surface area contributed by atoms with Crippen LogP contribution in [0.5, 0.6) is 5.75 Å². The number of likely N-dealkylation sites (N-methyl/N-ethyl adjacent to an activating group) is 1. The zero-order valence-electron chi connectivity index (χ0n) is 24.9. The van der Waals surface area contributed by atoms with Crippen LogP contribution in [-0.2, 0) is 6.42 Å². The molecule has 3 heterocycles. The van der Waals surface area contributed by atoms with Gasteiger partial charge in [-0.1, -0.05) is 56.7 Å². The zero-order chi connectivity index (χ0) is 29.1. The van der Waals surface area contributed by atoms with Crippen molar-refractivity contribution in [2.24, 2.45) is 0 Å². The first-order valence-corrected chi connectivity index (χ1v) is 16.5. The molecule has 6 nitrogen and oxygen atoms in total. The van der Waals surface area contributed by atoms with E-state index in [1.807, 2.05) is 52.1 Å². The summed E-state index contributed by atoms with van der Waals surface area (Å²) >= 11 is 0. The minimum atomic E-state index is -1.46. The van der Waals surface area contributed by atoms with Gasteiger partial charge >= 0.3 is 0 Å². The normalized spacial score (nSPS) is 15.2. The van der Waals surface area contributed by atoms with Crippen molar-refractivity contribution < 1.29 is 9.53 Å². The lowest BCUT2D eigenvalue weighted by atomic mass is 10.1. The van der Waals surface area contributed by atoms with E-state index in [9.17, 15) is 4.79 Å². The minimum Gasteiger partial charge on any atom is -0.486 e. The van der Waals surface area contributed by atoms with E-state index in [1.165, 1.54) is 10.9 Å². The van der Waals surface area contributed by atoms with E-state index in [1.54, 1.807) is 6.20 Å². The monoisotopic (exact) mass is 558 g/mol. The van der Waals surface area contributed by atoms with Crippen LogP contribution < -0.4 is 20.7 Å². The Labute approximate surface area is 239 Å². The maximum atomic E-state index is 10.6. The number of pyridine rings is 2. The molecule has 0 radical (unpaired) electrons. The molecular weight excluding hydrogens is 515 g/mol. The standard InChI is InChI=1S/C20H28N3OP.C11H9NO.C2H6/c1-5-22-13-25(4)14-24-20-18(25)12-17(10-11-21-3)23-19(20)16-8-6-15(2)7-9-16;1-8-5-9(7-13)6-10-3-2-4-12-11(8)10;1-2/h6-9,12-13,21-22H,5,10-11,14H2,1-4H3;2-7H,1H3;1-2H3. The lowest BCUT2D eigenvalue weighted by Gasteiger charge is -2.15. The summed E-state index contributed by atoms with van der Waals surface area (Å²) in [5.74, 6) is 3.25. The lowest BCUT2D eigenvalue weighted by molar-refractivity contribution is 0.112. The van der Waals surface area contributed by atoms with Gasteiger partial charge in [-0.05, 0) is 76.7 Å². The van der Waals surface area contributed by atoms with Crippen LogP contribution >= 0.6 is 6.89 Å². The smallest absolute Gasteiger partial charge is 0.153 e. The van der Waals surface area contributed by atoms with Gasteiger partial charge in [-0.15, -0.1) is 0 Å². The Kier molecular flexibility index (Phi) is 11.6. The third-order valence-electron chi connectivity index (χ3n) is 6.62. The lowest BCUT2D eigenvalue weighted by Crippen LogP contribution is -2.17. The highest BCUT2D eigenvalue weighted by atomic mass is 31.2. The third-order valence-corrected chi connectivity index (χ3v) is 9.47. The second-order valence-corrected chi connectivity index (χ2v) is 13.3. The number of carbonyl (C=O) groups is 1. The van der Waals surface area contributed by atoms with Crippen molar-refractivity contribution in [2.75, 3.05) is 33.1 Å². The quantitative estimate of drug-likeness (QED) is 0.208. The molecular formula is C33H43N4O2P. The topological polar surface area (TPSA) is 76.1 Å². The number of aryl methyl sites for hydroxylation is 2. The van der Waals surface area contributed by atoms with Crippen LogP contribution in [0.3, 0.4) is 0 Å². The number of aromatic nitrogens is 2. The predicted octanol–water partition coefficient (Wildman–Crippen LogP) is 6.19. The van der Waals surface area contributed by atoms with Gasteiger partial charge in [0, 0.05) is 46.7 Å². The molecule has 0 saturated carbocycles. The molecule has 0 fully saturated rings. The van der Waals surface area contributed by atoms with E-state index in [0.29, 0.717) is 5.56 Å². The number of rotatable bonds is 7. The number of hydrogen-bond donors (Lipinski definition) is 2. The fourth-order valence-corrected chi connectivity index (χ4v) is 6.93. The molecule has 4 aromatic rings. The number of nitrogens with one attached hydrogen (secondary N) is 2. The van der Waals surface area contributed by atoms with Crippen molar-refractivity contribution in [1.82, 2.24) is 20.6 Å². The van der Waals surface area contributed by atoms with Gasteiger partial charge in [0.1, 0.15) is 18.3 Å². The van der Waals surface area contributed by atoms with Crippen LogP contribution in [-0.4, -0.2) is 55.3 Å². The van der Waals surface area contributed by atoms with Crippen LogP contribution in [0.25, 0.3) is 22.2 Å². The van der Waals surface area contributed by atoms with E-state index in [-0.39, 0.29) is 0 Å². The summed E-state index contributed by atoms with van der Waals surface area (Å²) in [6, 6.07) is 18.4. The second-order valence-electron chi connectivity index (χ2n) is 9.79. The minimum absolute atomic E-state index is 0.706. The van der Waals surface area contributed by atoms with Crippen LogP contribution in [0.4, 0.5) is 0 Å². The Balaban J connectivity index is 0.000000246. The fourth-order valence-electron chi connectivity index (χ4n) is 4.52. The summed E-state index contributed by atoms with van der Waals surface area (Å²) in [5, 5.41) is 8.99. The molecule has 1 unspecified atom stereocenters. The predicted molar refractivity (Wildman–Crippen MR) is 173 cm³/mol. The maximum Gasteiger partial charge on any atom is 0.153 e. The molecule has 2 aromatic heterocycles. The van der Waals surface area contributed by atoms with Crippen molar-refractivity contribution >= 4 is 35.3 Å². The first-order chi connectivity index (χ1) is 19.4. The van der Waals surface area contributed by atoms with Crippen molar-refractivity contribution in [2.45, 2.75) is 41.0 Å². The molecule has 0 amide bonds. The van der Waals surface area contributed by atoms with Gasteiger partial charge in [-0.3, -0.25) is 15.1 Å². The molecule has 0 spiro atoms. The summed E-state index contributed by atoms with van der Waals surface area (Å²) < 4.78 is 6.19. The van der Waals surface area contributed by atoms with Gasteiger partial charge in [0.2, 0.25) is 0 Å². The van der Waals surface area contributed by atoms with Gasteiger partial charge in [0.25, 0.3) is 0 Å². The summed E-state index contributed by atoms with van der Waals surface area (Å²) in [4.78, 5) is 19.8. The van der Waals surface area contributed by atoms with E-state index in [0.717, 1.165) is 71.3 Å². The summed E-state index contributed by atoms with van der Waals surface area (Å²) in [6.07, 6.45) is 4.30. The zero-order valence-corrected chi connectivity index (χ0v) is 25.8. The third kappa shape index (κ3) is 7.45. The first-order valence-electron chi connectivity index (χ1n) is 14.0. The van der Waals surface area contributed by atoms with E-state index >= 15 is 0 Å². The largest absolute Gasteiger partial charge is 0.486 e. The molecule has 1 aliphatic rings. The van der Waals surface area contributed by atoms with Gasteiger partial charge < -0.3 is 10.1 Å². The van der Waals surface area contributed by atoms with Gasteiger partial charge in [-0.2, -0.15) is 0 Å². The van der Waals surface area contributed by atoms with Crippen molar-refractivity contribution in [1.29, 1.82) is 0 Å². The average Bonchev–Trinajstić information content (AvgIpc) is 3.32. The molecule has 0 saturated heterocycles. The molecule has 212 valence electrons. The molecule has 7 heteroatoms. The van der Waals surface area contributed by atoms with Crippen LogP contribution in [0, 0.1) is 13.8 Å². The highest BCUT2D eigenvalue weighted by Gasteiger charge is 2.30. The molecule has 2 N–H and O–H groups in total. The van der Waals surface area contributed by atoms with Crippen molar-refractivity contribution in [3.8, 4) is 17.0 Å². The SMILES string of the molecule is CC.CCNC=P1(C)COc2c1cc(CCNC)nc2-c1ccc(C)cc1.Cc1cc(C=O)cc2cccnc12. The van der Waals surface area contributed by atoms with Crippen LogP contribution in [0.15, 0.2) is 60.8 Å².